The largest absolute Gasteiger partial charge is 0.393 e. The van der Waals surface area contributed by atoms with Gasteiger partial charge in [-0.15, -0.1) is 0 Å². The summed E-state index contributed by atoms with van der Waals surface area (Å²) in [5.41, 5.74) is 7.36. The van der Waals surface area contributed by atoms with Crippen molar-refractivity contribution in [3.05, 3.63) is 34.9 Å². The Morgan fingerprint density at radius 2 is 1.81 bits per heavy atom. The Balaban J connectivity index is 1.59. The van der Waals surface area contributed by atoms with Gasteiger partial charge in [0.1, 0.15) is 0 Å². The van der Waals surface area contributed by atoms with Crippen molar-refractivity contribution >= 4 is 0 Å². The summed E-state index contributed by atoms with van der Waals surface area (Å²) < 4.78 is 0. The highest BCUT2D eigenvalue weighted by Gasteiger charge is 2.46. The molecule has 0 radical (unpaired) electrons. The zero-order chi connectivity index (χ0) is 23.0. The van der Waals surface area contributed by atoms with Gasteiger partial charge in [-0.1, -0.05) is 69.6 Å². The number of allylic oxidation sites excluding steroid dienone is 5. The minimum Gasteiger partial charge on any atom is -0.393 e. The summed E-state index contributed by atoms with van der Waals surface area (Å²) in [5.74, 6) is 1.24. The van der Waals surface area contributed by atoms with E-state index in [0.717, 1.165) is 31.6 Å². The average molecular weight is 427 g/mol. The molecule has 2 saturated carbocycles. The molecule has 0 aliphatic heterocycles. The van der Waals surface area contributed by atoms with Crippen LogP contribution in [0.15, 0.2) is 34.9 Å². The second-order valence-electron chi connectivity index (χ2n) is 13.1. The summed E-state index contributed by atoms with van der Waals surface area (Å²) in [5, 5.41) is 10.5. The van der Waals surface area contributed by atoms with Gasteiger partial charge >= 0.3 is 0 Å². The van der Waals surface area contributed by atoms with Crippen LogP contribution in [0.4, 0.5) is 0 Å². The summed E-state index contributed by atoms with van der Waals surface area (Å²) in [6, 6.07) is 0. The molecular weight excluding hydrogens is 376 g/mol. The van der Waals surface area contributed by atoms with Gasteiger partial charge < -0.3 is 5.11 Å². The molecule has 0 amide bonds. The van der Waals surface area contributed by atoms with Gasteiger partial charge in [0.05, 0.1) is 6.10 Å². The third-order valence-electron chi connectivity index (χ3n) is 9.73. The van der Waals surface area contributed by atoms with Crippen LogP contribution in [0.3, 0.4) is 0 Å². The lowest BCUT2D eigenvalue weighted by atomic mass is 9.53. The normalized spacial score (nSPS) is 35.8. The zero-order valence-corrected chi connectivity index (χ0v) is 21.7. The lowest BCUT2D eigenvalue weighted by molar-refractivity contribution is -0.00880. The Hall–Kier alpha value is -0.820. The lowest BCUT2D eigenvalue weighted by Crippen LogP contribution is -2.41. The van der Waals surface area contributed by atoms with E-state index in [2.05, 4.69) is 61.1 Å². The van der Waals surface area contributed by atoms with Crippen molar-refractivity contribution in [1.29, 1.82) is 0 Å². The molecule has 0 spiro atoms. The van der Waals surface area contributed by atoms with Crippen molar-refractivity contribution in [3.63, 3.8) is 0 Å². The Bertz CT molecular complexity index is 734. The monoisotopic (exact) mass is 426 g/mol. The quantitative estimate of drug-likeness (QED) is 0.421. The molecule has 176 valence electrons. The average Bonchev–Trinajstić information content (AvgIpc) is 2.68. The molecule has 4 atom stereocenters. The van der Waals surface area contributed by atoms with Crippen molar-refractivity contribution < 1.29 is 5.11 Å². The zero-order valence-electron chi connectivity index (χ0n) is 21.7. The van der Waals surface area contributed by atoms with Gasteiger partial charge in [0.25, 0.3) is 0 Å². The number of rotatable bonds is 6. The number of aliphatic hydroxyl groups is 1. The predicted molar refractivity (Wildman–Crippen MR) is 135 cm³/mol. The molecule has 0 aromatic rings. The van der Waals surface area contributed by atoms with Crippen molar-refractivity contribution in [2.75, 3.05) is 0 Å². The lowest BCUT2D eigenvalue weighted by Gasteiger charge is -2.52. The van der Waals surface area contributed by atoms with Crippen molar-refractivity contribution in [1.82, 2.24) is 0 Å². The maximum Gasteiger partial charge on any atom is 0.0599 e. The Labute approximate surface area is 193 Å². The summed E-state index contributed by atoms with van der Waals surface area (Å²) >= 11 is 0. The first-order chi connectivity index (χ1) is 14.4. The highest BCUT2D eigenvalue weighted by Crippen LogP contribution is 2.57. The van der Waals surface area contributed by atoms with Crippen LogP contribution in [0.1, 0.15) is 119 Å². The standard InChI is InChI=1S/C30H50O/c1-21(12-14-25-23(3)13-15-27(31)29(25,6)7)10-9-11-24-22(2)16-17-30(8)19-18-28(4,5)20-26(24)30/h10,25-27,31H,3,9,11-20H2,1-2,4-8H3/b21-10+/t25-,26-,27+,30-/m0/s1. The predicted octanol–water partition coefficient (Wildman–Crippen LogP) is 8.79. The molecule has 31 heavy (non-hydrogen) atoms. The Kier molecular flexibility index (Phi) is 7.37. The van der Waals surface area contributed by atoms with Crippen molar-refractivity contribution in [3.8, 4) is 0 Å². The summed E-state index contributed by atoms with van der Waals surface area (Å²) in [6.45, 7) is 21.1. The van der Waals surface area contributed by atoms with E-state index in [-0.39, 0.29) is 11.5 Å². The van der Waals surface area contributed by atoms with Crippen molar-refractivity contribution in [2.45, 2.75) is 125 Å². The second kappa shape index (κ2) is 9.20. The van der Waals surface area contributed by atoms with Gasteiger partial charge in [-0.05, 0) is 113 Å². The molecule has 3 rings (SSSR count). The topological polar surface area (TPSA) is 20.2 Å². The summed E-state index contributed by atoms with van der Waals surface area (Å²) in [6.07, 6.45) is 15.8. The first-order valence-corrected chi connectivity index (χ1v) is 13.1. The number of fused-ring (bicyclic) bond motifs is 1. The third-order valence-corrected chi connectivity index (χ3v) is 9.73. The molecule has 3 aliphatic rings. The highest BCUT2D eigenvalue weighted by molar-refractivity contribution is 5.25. The Morgan fingerprint density at radius 1 is 1.10 bits per heavy atom. The van der Waals surface area contributed by atoms with E-state index in [1.165, 1.54) is 56.1 Å². The van der Waals surface area contributed by atoms with E-state index < -0.39 is 0 Å². The fourth-order valence-corrected chi connectivity index (χ4v) is 7.01. The van der Waals surface area contributed by atoms with Crippen LogP contribution in [-0.2, 0) is 0 Å². The van der Waals surface area contributed by atoms with Crippen LogP contribution >= 0.6 is 0 Å². The number of aliphatic hydroxyl groups excluding tert-OH is 1. The van der Waals surface area contributed by atoms with Gasteiger partial charge in [-0.3, -0.25) is 0 Å². The number of hydrogen-bond acceptors (Lipinski definition) is 1. The smallest absolute Gasteiger partial charge is 0.0599 e. The van der Waals surface area contributed by atoms with Crippen LogP contribution < -0.4 is 0 Å². The van der Waals surface area contributed by atoms with Crippen LogP contribution in [-0.4, -0.2) is 11.2 Å². The highest BCUT2D eigenvalue weighted by atomic mass is 16.3. The molecule has 3 aliphatic carbocycles. The first-order valence-electron chi connectivity index (χ1n) is 13.1. The molecule has 0 unspecified atom stereocenters. The first kappa shape index (κ1) is 24.8. The molecule has 0 bridgehead atoms. The van der Waals surface area contributed by atoms with E-state index in [1.807, 2.05) is 0 Å². The van der Waals surface area contributed by atoms with E-state index >= 15 is 0 Å². The molecule has 0 saturated heterocycles. The molecule has 0 heterocycles. The van der Waals surface area contributed by atoms with E-state index in [0.29, 0.717) is 16.7 Å². The van der Waals surface area contributed by atoms with Crippen LogP contribution in [0, 0.1) is 28.1 Å². The Morgan fingerprint density at radius 3 is 2.52 bits per heavy atom. The molecule has 1 heteroatoms. The van der Waals surface area contributed by atoms with Gasteiger partial charge in [0.15, 0.2) is 0 Å². The van der Waals surface area contributed by atoms with Gasteiger partial charge in [0.2, 0.25) is 0 Å². The maximum atomic E-state index is 10.5. The summed E-state index contributed by atoms with van der Waals surface area (Å²) in [4.78, 5) is 0. The minimum atomic E-state index is -0.192. The van der Waals surface area contributed by atoms with Crippen LogP contribution in [0.25, 0.3) is 0 Å². The van der Waals surface area contributed by atoms with Crippen LogP contribution in [0.2, 0.25) is 0 Å². The van der Waals surface area contributed by atoms with Crippen molar-refractivity contribution in [2.24, 2.45) is 28.1 Å². The summed E-state index contributed by atoms with van der Waals surface area (Å²) in [7, 11) is 0. The van der Waals surface area contributed by atoms with Gasteiger partial charge in [-0.25, -0.2) is 0 Å². The minimum absolute atomic E-state index is 0.0438. The van der Waals surface area contributed by atoms with E-state index in [1.54, 1.807) is 11.1 Å². The molecule has 0 aromatic heterocycles. The molecular formula is C30H50O. The number of hydrogen-bond donors (Lipinski definition) is 1. The maximum absolute atomic E-state index is 10.5. The SMILES string of the molecule is C=C1CC[C@@H](O)C(C)(C)[C@H]1CC/C(C)=C/CCC1=C(C)CC[C@@]2(C)CCC(C)(C)C[C@@H]12. The van der Waals surface area contributed by atoms with Crippen LogP contribution in [0.5, 0.6) is 0 Å². The fraction of sp³-hybridized carbons (Fsp3) is 0.800. The van der Waals surface area contributed by atoms with Gasteiger partial charge in [-0.2, -0.15) is 0 Å². The molecule has 1 nitrogen and oxygen atoms in total. The van der Waals surface area contributed by atoms with E-state index in [9.17, 15) is 5.11 Å². The van der Waals surface area contributed by atoms with E-state index in [4.69, 9.17) is 0 Å². The molecule has 2 fully saturated rings. The second-order valence-corrected chi connectivity index (χ2v) is 13.1. The molecule has 0 aromatic carbocycles. The molecule has 1 N–H and O–H groups in total. The van der Waals surface area contributed by atoms with Gasteiger partial charge in [0, 0.05) is 0 Å². The fourth-order valence-electron chi connectivity index (χ4n) is 7.01. The third kappa shape index (κ3) is 5.40.